The van der Waals surface area contributed by atoms with Crippen molar-refractivity contribution in [3.05, 3.63) is 0 Å². The molecule has 0 aromatic heterocycles. The van der Waals surface area contributed by atoms with Crippen molar-refractivity contribution in [1.29, 1.82) is 0 Å². The van der Waals surface area contributed by atoms with Crippen molar-refractivity contribution >= 4 is 13.5 Å². The van der Waals surface area contributed by atoms with Crippen molar-refractivity contribution < 1.29 is 19.1 Å². The van der Waals surface area contributed by atoms with Crippen LogP contribution in [0.1, 0.15) is 40.5 Å². The van der Waals surface area contributed by atoms with E-state index in [1.165, 1.54) is 0 Å². The van der Waals surface area contributed by atoms with Gasteiger partial charge in [0.25, 0.3) is 0 Å². The smallest absolute Gasteiger partial charge is 0.341 e. The largest absolute Gasteiger partial charge is 0.347 e. The van der Waals surface area contributed by atoms with Gasteiger partial charge in [0.05, 0.1) is 6.04 Å². The van der Waals surface area contributed by atoms with Crippen LogP contribution in [0.3, 0.4) is 0 Å². The molecule has 5 N–H and O–H groups in total. The molecule has 108 valence electrons. The summed E-state index contributed by atoms with van der Waals surface area (Å²) >= 11 is 0. The Hall–Kier alpha value is -0.420. The van der Waals surface area contributed by atoms with Crippen molar-refractivity contribution in [2.75, 3.05) is 0 Å². The molecule has 0 radical (unpaired) electrons. The lowest BCUT2D eigenvalue weighted by atomic mass is 10.0. The van der Waals surface area contributed by atoms with Gasteiger partial charge >= 0.3 is 7.60 Å². The first-order valence-corrected chi connectivity index (χ1v) is 7.83. The second kappa shape index (κ2) is 7.24. The minimum Gasteiger partial charge on any atom is -0.341 e. The normalized spacial score (nSPS) is 15.8. The van der Waals surface area contributed by atoms with Crippen molar-refractivity contribution in [1.82, 2.24) is 5.32 Å². The Morgan fingerprint density at radius 1 is 1.17 bits per heavy atom. The summed E-state index contributed by atoms with van der Waals surface area (Å²) in [6, 6.07) is -0.730. The molecule has 2 atom stereocenters. The zero-order valence-corrected chi connectivity index (χ0v) is 12.4. The van der Waals surface area contributed by atoms with E-state index < -0.39 is 25.3 Å². The Balaban J connectivity index is 4.59. The van der Waals surface area contributed by atoms with Gasteiger partial charge in [-0.1, -0.05) is 27.7 Å². The molecule has 0 spiro atoms. The lowest BCUT2D eigenvalue weighted by molar-refractivity contribution is -0.123. The van der Waals surface area contributed by atoms with Crippen LogP contribution >= 0.6 is 7.60 Å². The van der Waals surface area contributed by atoms with E-state index in [0.29, 0.717) is 6.42 Å². The molecule has 0 saturated heterocycles. The van der Waals surface area contributed by atoms with Gasteiger partial charge in [0.1, 0.15) is 5.78 Å². The molecule has 6 nitrogen and oxygen atoms in total. The van der Waals surface area contributed by atoms with Crippen LogP contribution in [0.4, 0.5) is 0 Å². The summed E-state index contributed by atoms with van der Waals surface area (Å²) in [4.78, 5) is 30.1. The van der Waals surface area contributed by atoms with Gasteiger partial charge in [-0.25, -0.2) is 0 Å². The van der Waals surface area contributed by atoms with Gasteiger partial charge in [0.2, 0.25) is 5.91 Å². The molecule has 0 aromatic rings. The number of hydrogen-bond acceptors (Lipinski definition) is 3. The van der Waals surface area contributed by atoms with Crippen LogP contribution in [-0.2, 0) is 9.36 Å². The number of nitrogens with two attached hydrogens (primary N) is 1. The van der Waals surface area contributed by atoms with Gasteiger partial charge in [0.15, 0.2) is 0 Å². The highest BCUT2D eigenvalue weighted by molar-refractivity contribution is 7.52. The molecule has 0 aliphatic carbocycles. The third-order valence-corrected chi connectivity index (χ3v) is 3.62. The van der Waals surface area contributed by atoms with Crippen LogP contribution in [-0.4, -0.2) is 27.5 Å². The summed E-state index contributed by atoms with van der Waals surface area (Å²) < 4.78 is 11.3. The quantitative estimate of drug-likeness (QED) is 0.520. The zero-order valence-electron chi connectivity index (χ0n) is 11.5. The van der Waals surface area contributed by atoms with Gasteiger partial charge in [-0.05, 0) is 24.7 Å². The highest BCUT2D eigenvalue weighted by Crippen LogP contribution is 2.42. The van der Waals surface area contributed by atoms with E-state index in [2.05, 4.69) is 5.32 Å². The minimum absolute atomic E-state index is 0.0734. The van der Waals surface area contributed by atoms with E-state index in [0.717, 1.165) is 0 Å². The molecule has 0 bridgehead atoms. The van der Waals surface area contributed by atoms with Crippen molar-refractivity contribution in [3.8, 4) is 0 Å². The van der Waals surface area contributed by atoms with Crippen LogP contribution in [0.5, 0.6) is 0 Å². The summed E-state index contributed by atoms with van der Waals surface area (Å²) in [6.45, 7) is 7.54. The second-order valence-corrected chi connectivity index (χ2v) is 7.28. The van der Waals surface area contributed by atoms with E-state index in [4.69, 9.17) is 5.73 Å². The summed E-state index contributed by atoms with van der Waals surface area (Å²) in [5, 5.41) is 2.37. The Bertz CT molecular complexity index is 314. The summed E-state index contributed by atoms with van der Waals surface area (Å²) in [5.41, 5.74) is 5.68. The number of nitrogens with one attached hydrogen (secondary N) is 1. The summed E-state index contributed by atoms with van der Waals surface area (Å²) in [6.07, 6.45) is 0.714. The minimum atomic E-state index is -4.35. The van der Waals surface area contributed by atoms with Crippen LogP contribution in [0.2, 0.25) is 0 Å². The third-order valence-electron chi connectivity index (χ3n) is 2.47. The van der Waals surface area contributed by atoms with Gasteiger partial charge < -0.3 is 20.8 Å². The molecule has 0 fully saturated rings. The van der Waals surface area contributed by atoms with Crippen LogP contribution in [0.15, 0.2) is 0 Å². The van der Waals surface area contributed by atoms with E-state index in [9.17, 15) is 19.1 Å². The molecular weight excluding hydrogens is 255 g/mol. The first-order chi connectivity index (χ1) is 8.04. The molecule has 7 heteroatoms. The first-order valence-electron chi connectivity index (χ1n) is 6.15. The molecule has 0 saturated carbocycles. The first kappa shape index (κ1) is 17.6. The molecule has 0 aromatic carbocycles. The number of carbonyl (C=O) groups is 1. The Labute approximate surface area is 108 Å². The van der Waals surface area contributed by atoms with Gasteiger partial charge in [0, 0.05) is 0 Å². The maximum atomic E-state index is 11.7. The zero-order chi connectivity index (χ0) is 14.5. The average Bonchev–Trinajstić information content (AvgIpc) is 2.13. The van der Waals surface area contributed by atoms with E-state index in [1.807, 2.05) is 27.7 Å². The van der Waals surface area contributed by atoms with E-state index in [1.54, 1.807) is 0 Å². The molecule has 0 unspecified atom stereocenters. The topological polar surface area (TPSA) is 113 Å². The van der Waals surface area contributed by atoms with Crippen LogP contribution < -0.4 is 11.1 Å². The number of amides is 1. The fourth-order valence-corrected chi connectivity index (χ4v) is 2.60. The van der Waals surface area contributed by atoms with Crippen molar-refractivity contribution in [2.24, 2.45) is 17.6 Å². The van der Waals surface area contributed by atoms with Gasteiger partial charge in [-0.3, -0.25) is 9.36 Å². The summed E-state index contributed by atoms with van der Waals surface area (Å²) in [7, 11) is -4.35. The molecule has 0 rings (SSSR count). The van der Waals surface area contributed by atoms with Crippen molar-refractivity contribution in [3.63, 3.8) is 0 Å². The number of hydrogen-bond donors (Lipinski definition) is 4. The SMILES string of the molecule is CC(C)C[C@@H](N)C(=O)N[C@@H](CC(C)C)P(=O)(O)O. The fraction of sp³-hybridized carbons (Fsp3) is 0.909. The van der Waals surface area contributed by atoms with Gasteiger partial charge in [-0.15, -0.1) is 0 Å². The van der Waals surface area contributed by atoms with Crippen LogP contribution in [0.25, 0.3) is 0 Å². The maximum Gasteiger partial charge on any atom is 0.347 e. The standard InChI is InChI=1S/C11H25N2O4P/c1-7(2)5-9(12)11(14)13-10(6-8(3)4)18(15,16)17/h7-10H,5-6,12H2,1-4H3,(H,13,14)(H2,15,16,17)/t9-,10-/m1/s1. The molecule has 1 amide bonds. The lowest BCUT2D eigenvalue weighted by Gasteiger charge is -2.23. The van der Waals surface area contributed by atoms with Gasteiger partial charge in [-0.2, -0.15) is 0 Å². The highest BCUT2D eigenvalue weighted by Gasteiger charge is 2.32. The lowest BCUT2D eigenvalue weighted by Crippen LogP contribution is -2.46. The average molecular weight is 280 g/mol. The Morgan fingerprint density at radius 3 is 1.94 bits per heavy atom. The number of carbonyl (C=O) groups excluding carboxylic acids is 1. The molecule has 18 heavy (non-hydrogen) atoms. The Morgan fingerprint density at radius 2 is 1.61 bits per heavy atom. The fourth-order valence-electron chi connectivity index (χ4n) is 1.61. The molecular formula is C11H25N2O4P. The summed E-state index contributed by atoms with van der Waals surface area (Å²) in [5.74, 6) is -1.32. The van der Waals surface area contributed by atoms with E-state index in [-0.39, 0.29) is 18.3 Å². The Kier molecular flexibility index (Phi) is 7.07. The van der Waals surface area contributed by atoms with E-state index >= 15 is 0 Å². The van der Waals surface area contributed by atoms with Crippen molar-refractivity contribution in [2.45, 2.75) is 52.4 Å². The van der Waals surface area contributed by atoms with Crippen LogP contribution in [0, 0.1) is 11.8 Å². The molecule has 0 aliphatic heterocycles. The monoisotopic (exact) mass is 280 g/mol. The highest BCUT2D eigenvalue weighted by atomic mass is 31.2. The predicted octanol–water partition coefficient (Wildman–Crippen LogP) is 1.03. The maximum absolute atomic E-state index is 11.7. The predicted molar refractivity (Wildman–Crippen MR) is 70.9 cm³/mol. The third kappa shape index (κ3) is 7.11. The second-order valence-electron chi connectivity index (χ2n) is 5.48. The number of rotatable bonds is 7. The molecule has 0 aliphatic rings. The molecule has 0 heterocycles.